The zero-order valence-electron chi connectivity index (χ0n) is 9.40. The number of rotatable bonds is 5. The molecule has 0 spiro atoms. The van der Waals surface area contributed by atoms with Gasteiger partial charge in [0.05, 0.1) is 11.9 Å². The third kappa shape index (κ3) is 3.32. The zero-order chi connectivity index (χ0) is 11.3. The lowest BCUT2D eigenvalue weighted by atomic mass is 10.3. The van der Waals surface area contributed by atoms with Crippen LogP contribution in [0.15, 0.2) is 24.5 Å². The minimum atomic E-state index is 0.422. The number of anilines is 1. The van der Waals surface area contributed by atoms with Crippen LogP contribution >= 0.6 is 0 Å². The van der Waals surface area contributed by atoms with E-state index in [4.69, 9.17) is 5.73 Å². The largest absolute Gasteiger partial charge is 0.352 e. The van der Waals surface area contributed by atoms with Crippen molar-refractivity contribution in [2.45, 2.75) is 20.4 Å². The third-order valence-corrected chi connectivity index (χ3v) is 2.05. The summed E-state index contributed by atoms with van der Waals surface area (Å²) in [6, 6.07) is 0. The van der Waals surface area contributed by atoms with Gasteiger partial charge in [-0.25, -0.2) is 4.98 Å². The summed E-state index contributed by atoms with van der Waals surface area (Å²) in [7, 11) is 0. The van der Waals surface area contributed by atoms with Crippen molar-refractivity contribution in [2.75, 3.05) is 18.0 Å². The first-order valence-corrected chi connectivity index (χ1v) is 5.07. The molecule has 0 amide bonds. The first kappa shape index (κ1) is 11.7. The molecule has 0 fully saturated rings. The van der Waals surface area contributed by atoms with Gasteiger partial charge in [-0.05, 0) is 13.8 Å². The highest BCUT2D eigenvalue weighted by atomic mass is 15.2. The Morgan fingerprint density at radius 3 is 2.80 bits per heavy atom. The Balaban J connectivity index is 2.85. The molecule has 2 N–H and O–H groups in total. The average molecular weight is 206 g/mol. The van der Waals surface area contributed by atoms with Crippen LogP contribution in [-0.2, 0) is 6.54 Å². The van der Waals surface area contributed by atoms with Crippen LogP contribution in [0.1, 0.15) is 19.5 Å². The average Bonchev–Trinajstić information content (AvgIpc) is 2.25. The monoisotopic (exact) mass is 206 g/mol. The highest BCUT2D eigenvalue weighted by molar-refractivity contribution is 5.37. The van der Waals surface area contributed by atoms with Crippen LogP contribution in [0.4, 0.5) is 5.82 Å². The molecule has 0 atom stereocenters. The van der Waals surface area contributed by atoms with E-state index in [0.29, 0.717) is 6.54 Å². The van der Waals surface area contributed by atoms with Gasteiger partial charge in [-0.1, -0.05) is 12.2 Å². The van der Waals surface area contributed by atoms with Gasteiger partial charge < -0.3 is 10.6 Å². The topological polar surface area (TPSA) is 55.0 Å². The standard InChI is InChI=1S/C11H18N4/c1-4-15(8-9(2)3)11-7-13-6-10(5-12)14-11/h6-7H,2,4-5,8,12H2,1,3H3. The number of nitrogens with two attached hydrogens (primary N) is 1. The zero-order valence-corrected chi connectivity index (χ0v) is 9.40. The van der Waals surface area contributed by atoms with Crippen molar-refractivity contribution in [3.63, 3.8) is 0 Å². The van der Waals surface area contributed by atoms with Crippen LogP contribution in [0.3, 0.4) is 0 Å². The summed E-state index contributed by atoms with van der Waals surface area (Å²) in [6.07, 6.45) is 3.45. The fraction of sp³-hybridized carbons (Fsp3) is 0.455. The van der Waals surface area contributed by atoms with Crippen LogP contribution in [0.2, 0.25) is 0 Å². The van der Waals surface area contributed by atoms with Gasteiger partial charge in [0.2, 0.25) is 0 Å². The molecule has 0 aliphatic heterocycles. The van der Waals surface area contributed by atoms with Gasteiger partial charge in [0.15, 0.2) is 0 Å². The summed E-state index contributed by atoms with van der Waals surface area (Å²) in [5.41, 5.74) is 7.44. The van der Waals surface area contributed by atoms with Crippen LogP contribution < -0.4 is 10.6 Å². The molecule has 0 saturated carbocycles. The van der Waals surface area contributed by atoms with Gasteiger partial charge in [-0.15, -0.1) is 0 Å². The molecule has 1 aromatic heterocycles. The van der Waals surface area contributed by atoms with Gasteiger partial charge >= 0.3 is 0 Å². The van der Waals surface area contributed by atoms with Crippen LogP contribution in [-0.4, -0.2) is 23.1 Å². The molecule has 4 heteroatoms. The van der Waals surface area contributed by atoms with Crippen LogP contribution in [0.25, 0.3) is 0 Å². The molecule has 4 nitrogen and oxygen atoms in total. The highest BCUT2D eigenvalue weighted by Gasteiger charge is 2.06. The summed E-state index contributed by atoms with van der Waals surface area (Å²) < 4.78 is 0. The van der Waals surface area contributed by atoms with E-state index in [1.54, 1.807) is 12.4 Å². The quantitative estimate of drug-likeness (QED) is 0.739. The van der Waals surface area contributed by atoms with Crippen molar-refractivity contribution in [1.29, 1.82) is 0 Å². The number of nitrogens with zero attached hydrogens (tertiary/aromatic N) is 3. The van der Waals surface area contributed by atoms with Gasteiger partial charge in [0, 0.05) is 25.8 Å². The smallest absolute Gasteiger partial charge is 0.147 e. The Morgan fingerprint density at radius 2 is 2.27 bits per heavy atom. The molecule has 1 heterocycles. The molecule has 0 unspecified atom stereocenters. The van der Waals surface area contributed by atoms with E-state index in [0.717, 1.165) is 30.2 Å². The predicted octanol–water partition coefficient (Wildman–Crippen LogP) is 1.34. The first-order chi connectivity index (χ1) is 7.17. The lowest BCUT2D eigenvalue weighted by Gasteiger charge is -2.21. The molecule has 0 bridgehead atoms. The van der Waals surface area contributed by atoms with E-state index in [2.05, 4.69) is 28.4 Å². The number of likely N-dealkylation sites (N-methyl/N-ethyl adjacent to an activating group) is 1. The summed E-state index contributed by atoms with van der Waals surface area (Å²) in [4.78, 5) is 10.7. The van der Waals surface area contributed by atoms with Crippen molar-refractivity contribution in [2.24, 2.45) is 5.73 Å². The maximum absolute atomic E-state index is 5.52. The number of hydrogen-bond donors (Lipinski definition) is 1. The Bertz CT molecular complexity index is 335. The second-order valence-corrected chi connectivity index (χ2v) is 3.54. The lowest BCUT2D eigenvalue weighted by Crippen LogP contribution is -2.26. The van der Waals surface area contributed by atoms with Gasteiger partial charge in [0.1, 0.15) is 5.82 Å². The van der Waals surface area contributed by atoms with Crippen molar-refractivity contribution in [3.05, 3.63) is 30.2 Å². The Morgan fingerprint density at radius 1 is 1.53 bits per heavy atom. The third-order valence-electron chi connectivity index (χ3n) is 2.05. The lowest BCUT2D eigenvalue weighted by molar-refractivity contribution is 0.836. The highest BCUT2D eigenvalue weighted by Crippen LogP contribution is 2.10. The van der Waals surface area contributed by atoms with E-state index in [9.17, 15) is 0 Å². The molecule has 1 rings (SSSR count). The molecule has 1 aromatic rings. The second kappa shape index (κ2) is 5.46. The Kier molecular flexibility index (Phi) is 4.24. The predicted molar refractivity (Wildman–Crippen MR) is 62.6 cm³/mol. The van der Waals surface area contributed by atoms with Crippen molar-refractivity contribution >= 4 is 5.82 Å². The SMILES string of the molecule is C=C(C)CN(CC)c1cncc(CN)n1. The molecule has 82 valence electrons. The van der Waals surface area contributed by atoms with E-state index in [1.807, 2.05) is 6.92 Å². The van der Waals surface area contributed by atoms with E-state index < -0.39 is 0 Å². The fourth-order valence-corrected chi connectivity index (χ4v) is 1.33. The Hall–Kier alpha value is -1.42. The summed E-state index contributed by atoms with van der Waals surface area (Å²) in [5, 5.41) is 0. The number of aromatic nitrogens is 2. The van der Waals surface area contributed by atoms with Crippen molar-refractivity contribution in [3.8, 4) is 0 Å². The summed E-state index contributed by atoms with van der Waals surface area (Å²) >= 11 is 0. The fourth-order valence-electron chi connectivity index (χ4n) is 1.33. The normalized spacial score (nSPS) is 10.1. The summed E-state index contributed by atoms with van der Waals surface area (Å²) in [6.45, 7) is 10.1. The first-order valence-electron chi connectivity index (χ1n) is 5.07. The molecule has 0 saturated heterocycles. The minimum Gasteiger partial charge on any atom is -0.352 e. The Labute approximate surface area is 90.8 Å². The molecule has 0 aliphatic carbocycles. The second-order valence-electron chi connectivity index (χ2n) is 3.54. The molecular formula is C11H18N4. The van der Waals surface area contributed by atoms with Crippen molar-refractivity contribution < 1.29 is 0 Å². The molecule has 0 aromatic carbocycles. The molecule has 0 aliphatic rings. The molecular weight excluding hydrogens is 188 g/mol. The molecule has 15 heavy (non-hydrogen) atoms. The van der Waals surface area contributed by atoms with E-state index in [-0.39, 0.29) is 0 Å². The van der Waals surface area contributed by atoms with Crippen molar-refractivity contribution in [1.82, 2.24) is 9.97 Å². The number of hydrogen-bond acceptors (Lipinski definition) is 4. The van der Waals surface area contributed by atoms with E-state index in [1.165, 1.54) is 0 Å². The van der Waals surface area contributed by atoms with Crippen LogP contribution in [0.5, 0.6) is 0 Å². The maximum Gasteiger partial charge on any atom is 0.147 e. The van der Waals surface area contributed by atoms with Gasteiger partial charge in [-0.3, -0.25) is 4.98 Å². The summed E-state index contributed by atoms with van der Waals surface area (Å²) in [5.74, 6) is 0.864. The van der Waals surface area contributed by atoms with Gasteiger partial charge in [0.25, 0.3) is 0 Å². The minimum absolute atomic E-state index is 0.422. The van der Waals surface area contributed by atoms with Gasteiger partial charge in [-0.2, -0.15) is 0 Å². The van der Waals surface area contributed by atoms with E-state index >= 15 is 0 Å². The molecule has 0 radical (unpaired) electrons. The van der Waals surface area contributed by atoms with Crippen LogP contribution in [0, 0.1) is 0 Å². The maximum atomic E-state index is 5.52.